The normalized spacial score (nSPS) is 11.7. The van der Waals surface area contributed by atoms with E-state index in [0.717, 1.165) is 12.1 Å². The van der Waals surface area contributed by atoms with Crippen LogP contribution in [0.5, 0.6) is 5.75 Å². The Bertz CT molecular complexity index is 1430. The quantitative estimate of drug-likeness (QED) is 0.486. The first-order chi connectivity index (χ1) is 13.7. The molecule has 0 amide bonds. The highest BCUT2D eigenvalue weighted by molar-refractivity contribution is 7.85. The van der Waals surface area contributed by atoms with Crippen LogP contribution in [0.3, 0.4) is 0 Å². The Balaban J connectivity index is 2.12. The average Bonchev–Trinajstić information content (AvgIpc) is 3.28. The SMILES string of the molecule is Cc1[nH]nc2nc(-c3ccc(O)cc3F)c(C#N)c(-c3ccc(S(=O)(=O)[O-])o3)c12. The smallest absolute Gasteiger partial charge is 0.206 e. The fourth-order valence-corrected chi connectivity index (χ4v) is 3.46. The van der Waals surface area contributed by atoms with Gasteiger partial charge in [0.2, 0.25) is 5.09 Å². The average molecular weight is 413 g/mol. The van der Waals surface area contributed by atoms with E-state index in [4.69, 9.17) is 4.42 Å². The molecule has 0 fully saturated rings. The van der Waals surface area contributed by atoms with Crippen molar-refractivity contribution < 1.29 is 26.9 Å². The number of hydrogen-bond donors (Lipinski definition) is 2. The summed E-state index contributed by atoms with van der Waals surface area (Å²) in [6, 6.07) is 7.49. The van der Waals surface area contributed by atoms with E-state index in [1.807, 2.05) is 6.07 Å². The minimum absolute atomic E-state index is 0.0774. The van der Waals surface area contributed by atoms with E-state index in [1.54, 1.807) is 6.92 Å². The maximum Gasteiger partial charge on any atom is 0.206 e. The molecule has 3 aromatic heterocycles. The standard InChI is InChI=1S/C18H11FN4O5S/c1-8-15-16(13-4-5-14(28-13)29(25,26)27)11(7-20)17(21-18(15)23-22-8)10-3-2-9(24)6-12(10)19/h2-6,24H,1H3,(H,21,22,23)(H,25,26,27)/p-1. The lowest BCUT2D eigenvalue weighted by Gasteiger charge is -2.11. The molecule has 3 heterocycles. The number of phenols is 1. The van der Waals surface area contributed by atoms with Crippen LogP contribution in [0.15, 0.2) is 39.8 Å². The summed E-state index contributed by atoms with van der Waals surface area (Å²) in [5.74, 6) is -1.22. The second-order valence-corrected chi connectivity index (χ2v) is 7.42. The largest absolute Gasteiger partial charge is 0.742 e. The number of furan rings is 1. The van der Waals surface area contributed by atoms with Crippen LogP contribution in [-0.4, -0.2) is 33.3 Å². The van der Waals surface area contributed by atoms with Crippen molar-refractivity contribution in [1.29, 1.82) is 5.26 Å². The van der Waals surface area contributed by atoms with Crippen LogP contribution in [0, 0.1) is 24.1 Å². The predicted molar refractivity (Wildman–Crippen MR) is 96.1 cm³/mol. The van der Waals surface area contributed by atoms with Gasteiger partial charge in [-0.3, -0.25) is 5.10 Å². The molecule has 0 spiro atoms. The third kappa shape index (κ3) is 3.00. The van der Waals surface area contributed by atoms with Crippen LogP contribution in [0.2, 0.25) is 0 Å². The lowest BCUT2D eigenvalue weighted by molar-refractivity contribution is 0.403. The first kappa shape index (κ1) is 18.6. The number of rotatable bonds is 3. The molecule has 2 N–H and O–H groups in total. The zero-order valence-electron chi connectivity index (χ0n) is 14.6. The zero-order valence-corrected chi connectivity index (χ0v) is 15.4. The van der Waals surface area contributed by atoms with Crippen molar-refractivity contribution >= 4 is 21.2 Å². The monoisotopic (exact) mass is 413 g/mol. The summed E-state index contributed by atoms with van der Waals surface area (Å²) < 4.78 is 53.4. The number of benzene rings is 1. The number of nitrogens with one attached hydrogen (secondary N) is 1. The summed E-state index contributed by atoms with van der Waals surface area (Å²) >= 11 is 0. The van der Waals surface area contributed by atoms with Gasteiger partial charge in [0.25, 0.3) is 0 Å². The summed E-state index contributed by atoms with van der Waals surface area (Å²) in [6.07, 6.45) is 0. The molecule has 11 heteroatoms. The summed E-state index contributed by atoms with van der Waals surface area (Å²) in [7, 11) is -4.86. The molecule has 146 valence electrons. The van der Waals surface area contributed by atoms with E-state index in [0.29, 0.717) is 11.1 Å². The van der Waals surface area contributed by atoms with E-state index in [9.17, 15) is 27.7 Å². The molecule has 4 aromatic rings. The first-order valence-electron chi connectivity index (χ1n) is 8.04. The number of aromatic amines is 1. The van der Waals surface area contributed by atoms with Crippen LogP contribution in [0.25, 0.3) is 33.6 Å². The van der Waals surface area contributed by atoms with Crippen molar-refractivity contribution in [2.75, 3.05) is 0 Å². The third-order valence-electron chi connectivity index (χ3n) is 4.28. The summed E-state index contributed by atoms with van der Waals surface area (Å²) in [5, 5.41) is 25.5. The van der Waals surface area contributed by atoms with E-state index in [2.05, 4.69) is 15.2 Å². The minimum Gasteiger partial charge on any atom is -0.742 e. The second kappa shape index (κ2) is 6.40. The van der Waals surface area contributed by atoms with Gasteiger partial charge in [0.05, 0.1) is 22.2 Å². The van der Waals surface area contributed by atoms with E-state index >= 15 is 0 Å². The fourth-order valence-electron chi connectivity index (χ4n) is 3.04. The van der Waals surface area contributed by atoms with Crippen LogP contribution < -0.4 is 0 Å². The van der Waals surface area contributed by atoms with Gasteiger partial charge in [-0.05, 0) is 31.2 Å². The molecule has 0 aliphatic heterocycles. The molecule has 4 rings (SSSR count). The van der Waals surface area contributed by atoms with Gasteiger partial charge < -0.3 is 14.1 Å². The lowest BCUT2D eigenvalue weighted by atomic mass is 9.96. The maximum atomic E-state index is 14.5. The van der Waals surface area contributed by atoms with Gasteiger partial charge in [-0.1, -0.05) is 0 Å². The molecule has 0 bridgehead atoms. The molecular weight excluding hydrogens is 403 g/mol. The molecule has 0 unspecified atom stereocenters. The summed E-state index contributed by atoms with van der Waals surface area (Å²) in [5.41, 5.74) is 0.465. The molecular formula is C18H10FN4O5S-. The van der Waals surface area contributed by atoms with E-state index in [-0.39, 0.29) is 39.5 Å². The van der Waals surface area contributed by atoms with E-state index in [1.165, 1.54) is 18.2 Å². The van der Waals surface area contributed by atoms with Gasteiger partial charge in [-0.15, -0.1) is 0 Å². The first-order valence-corrected chi connectivity index (χ1v) is 9.45. The Hall–Kier alpha value is -3.75. The molecule has 0 saturated carbocycles. The van der Waals surface area contributed by atoms with Crippen molar-refractivity contribution in [2.45, 2.75) is 12.0 Å². The van der Waals surface area contributed by atoms with Gasteiger partial charge in [0.1, 0.15) is 23.4 Å². The molecule has 0 radical (unpaired) electrons. The number of nitrogens with zero attached hydrogens (tertiary/aromatic N) is 3. The number of aromatic nitrogens is 3. The van der Waals surface area contributed by atoms with Crippen LogP contribution in [-0.2, 0) is 10.1 Å². The van der Waals surface area contributed by atoms with Gasteiger partial charge >= 0.3 is 0 Å². The molecule has 0 aliphatic carbocycles. The molecule has 29 heavy (non-hydrogen) atoms. The van der Waals surface area contributed by atoms with Gasteiger partial charge in [0.15, 0.2) is 15.8 Å². The highest BCUT2D eigenvalue weighted by Gasteiger charge is 2.25. The molecule has 1 aromatic carbocycles. The number of fused-ring (bicyclic) bond motifs is 1. The fraction of sp³-hybridized carbons (Fsp3) is 0.0556. The number of aryl methyl sites for hydroxylation is 1. The second-order valence-electron chi connectivity index (χ2n) is 6.11. The Labute approximate surface area is 162 Å². The number of phenolic OH excluding ortho intramolecular Hbond substituents is 1. The van der Waals surface area contributed by atoms with Gasteiger partial charge in [-0.2, -0.15) is 10.4 Å². The van der Waals surface area contributed by atoms with Crippen molar-refractivity contribution in [3.05, 3.63) is 47.4 Å². The highest BCUT2D eigenvalue weighted by atomic mass is 32.2. The van der Waals surface area contributed by atoms with Crippen LogP contribution in [0.1, 0.15) is 11.3 Å². The topological polar surface area (TPSA) is 156 Å². The number of aromatic hydroxyl groups is 1. The number of hydrogen-bond acceptors (Lipinski definition) is 8. The number of pyridine rings is 1. The lowest BCUT2D eigenvalue weighted by Crippen LogP contribution is -1.98. The number of H-pyrrole nitrogens is 1. The van der Waals surface area contributed by atoms with Crippen molar-refractivity contribution in [3.63, 3.8) is 0 Å². The van der Waals surface area contributed by atoms with Crippen LogP contribution >= 0.6 is 0 Å². The number of halogens is 1. The number of nitriles is 1. The van der Waals surface area contributed by atoms with Crippen molar-refractivity contribution in [1.82, 2.24) is 15.2 Å². The summed E-state index contributed by atoms with van der Waals surface area (Å²) in [4.78, 5) is 4.26. The Morgan fingerprint density at radius 1 is 1.31 bits per heavy atom. The molecule has 0 atom stereocenters. The summed E-state index contributed by atoms with van der Waals surface area (Å²) in [6.45, 7) is 1.65. The predicted octanol–water partition coefficient (Wildman–Crippen LogP) is 2.81. The van der Waals surface area contributed by atoms with Crippen LogP contribution in [0.4, 0.5) is 4.39 Å². The molecule has 0 saturated heterocycles. The Morgan fingerprint density at radius 3 is 2.69 bits per heavy atom. The third-order valence-corrected chi connectivity index (χ3v) is 4.99. The minimum atomic E-state index is -4.86. The molecule has 0 aliphatic rings. The Morgan fingerprint density at radius 2 is 2.07 bits per heavy atom. The van der Waals surface area contributed by atoms with Gasteiger partial charge in [0, 0.05) is 17.3 Å². The zero-order chi connectivity index (χ0) is 20.9. The van der Waals surface area contributed by atoms with Crippen molar-refractivity contribution in [2.24, 2.45) is 0 Å². The maximum absolute atomic E-state index is 14.5. The Kier molecular flexibility index (Phi) is 4.11. The van der Waals surface area contributed by atoms with Crippen molar-refractivity contribution in [3.8, 4) is 34.4 Å². The van der Waals surface area contributed by atoms with Gasteiger partial charge in [-0.25, -0.2) is 17.8 Å². The highest BCUT2D eigenvalue weighted by Crippen LogP contribution is 2.39. The van der Waals surface area contributed by atoms with E-state index < -0.39 is 21.0 Å². The molecule has 9 nitrogen and oxygen atoms in total.